The van der Waals surface area contributed by atoms with Crippen LogP contribution in [0.2, 0.25) is 0 Å². The molecule has 1 aromatic carbocycles. The van der Waals surface area contributed by atoms with Gasteiger partial charge in [0.2, 0.25) is 4.93 Å². The van der Waals surface area contributed by atoms with Crippen LogP contribution in [0, 0.1) is 0 Å². The molecule has 2 atom stereocenters. The lowest BCUT2D eigenvalue weighted by Crippen LogP contribution is -2.47. The van der Waals surface area contributed by atoms with Gasteiger partial charge >= 0.3 is 10.1 Å². The average Bonchev–Trinajstić information content (AvgIpc) is 2.24. The fraction of sp³-hybridized carbons (Fsp3) is 0.200. The first-order chi connectivity index (χ1) is 8.97. The second kappa shape index (κ2) is 4.27. The van der Waals surface area contributed by atoms with E-state index < -0.39 is 36.2 Å². The van der Waals surface area contributed by atoms with Crippen molar-refractivity contribution in [3.8, 4) is 5.75 Å². The molecular formula is C10H10O8S2. The van der Waals surface area contributed by atoms with E-state index in [9.17, 15) is 31.6 Å². The Hall–Kier alpha value is -1.46. The number of hydrogen-bond donors (Lipinski definition) is 4. The third-order valence-electron chi connectivity index (χ3n) is 2.94. The lowest BCUT2D eigenvalue weighted by Gasteiger charge is -2.32. The van der Waals surface area contributed by atoms with Crippen LogP contribution in [0.5, 0.6) is 5.75 Å². The highest BCUT2D eigenvalue weighted by atomic mass is 32.2. The van der Waals surface area contributed by atoms with Crippen molar-refractivity contribution in [1.29, 1.82) is 0 Å². The molecule has 2 rings (SSSR count). The maximum absolute atomic E-state index is 11.4. The highest BCUT2D eigenvalue weighted by Gasteiger charge is 2.55. The number of aromatic hydroxyl groups is 1. The Morgan fingerprint density at radius 3 is 2.20 bits per heavy atom. The fourth-order valence-electron chi connectivity index (χ4n) is 2.06. The molecule has 0 saturated carbocycles. The van der Waals surface area contributed by atoms with E-state index in [2.05, 4.69) is 0 Å². The standard InChI is InChI=1S/C10H10O8S2/c11-7-2-1-6-3-4-10(12,20(16,17)18)9(8(6)5-7)19(13,14)15/h1-5,9,11-12H,(H,13,14,15)(H,16,17,18). The maximum Gasteiger partial charge on any atom is 0.300 e. The normalized spacial score (nSPS) is 26.2. The summed E-state index contributed by atoms with van der Waals surface area (Å²) >= 11 is 0. The van der Waals surface area contributed by atoms with Gasteiger partial charge < -0.3 is 10.2 Å². The van der Waals surface area contributed by atoms with Crippen molar-refractivity contribution in [3.63, 3.8) is 0 Å². The van der Waals surface area contributed by atoms with E-state index in [4.69, 9.17) is 4.55 Å². The van der Waals surface area contributed by atoms with Crippen molar-refractivity contribution >= 4 is 26.3 Å². The molecule has 0 amide bonds. The molecule has 110 valence electrons. The van der Waals surface area contributed by atoms with Gasteiger partial charge in [0.25, 0.3) is 10.1 Å². The summed E-state index contributed by atoms with van der Waals surface area (Å²) in [5.74, 6) is -0.398. The highest BCUT2D eigenvalue weighted by Crippen LogP contribution is 2.44. The van der Waals surface area contributed by atoms with Gasteiger partial charge in [0, 0.05) is 0 Å². The summed E-state index contributed by atoms with van der Waals surface area (Å²) in [6.45, 7) is 0. The van der Waals surface area contributed by atoms with Crippen molar-refractivity contribution in [3.05, 3.63) is 35.4 Å². The Balaban J connectivity index is 2.86. The van der Waals surface area contributed by atoms with Gasteiger partial charge in [-0.3, -0.25) is 9.11 Å². The largest absolute Gasteiger partial charge is 0.508 e. The molecule has 0 heterocycles. The molecule has 10 heteroatoms. The summed E-state index contributed by atoms with van der Waals surface area (Å²) < 4.78 is 63.7. The van der Waals surface area contributed by atoms with Crippen LogP contribution >= 0.6 is 0 Å². The number of phenolic OH excluding ortho intramolecular Hbond substituents is 1. The Labute approximate surface area is 114 Å². The molecule has 0 bridgehead atoms. The van der Waals surface area contributed by atoms with Gasteiger partial charge in [-0.05, 0) is 29.3 Å². The molecular weight excluding hydrogens is 312 g/mol. The van der Waals surface area contributed by atoms with E-state index in [1.165, 1.54) is 12.1 Å². The van der Waals surface area contributed by atoms with Crippen LogP contribution in [-0.2, 0) is 20.2 Å². The van der Waals surface area contributed by atoms with Crippen molar-refractivity contribution < 1.29 is 36.2 Å². The maximum atomic E-state index is 11.4. The molecule has 0 radical (unpaired) electrons. The number of aliphatic hydroxyl groups is 1. The molecule has 1 aromatic rings. The molecule has 0 saturated heterocycles. The SMILES string of the molecule is O=S(=O)(O)C1c2cc(O)ccc2C=CC1(O)S(=O)(=O)O. The number of rotatable bonds is 2. The molecule has 2 unspecified atom stereocenters. The monoisotopic (exact) mass is 322 g/mol. The molecule has 0 aromatic heterocycles. The third kappa shape index (κ3) is 2.21. The summed E-state index contributed by atoms with van der Waals surface area (Å²) in [6.07, 6.45) is 1.62. The zero-order chi connectivity index (χ0) is 15.3. The van der Waals surface area contributed by atoms with E-state index in [-0.39, 0.29) is 11.1 Å². The Bertz CT molecular complexity index is 793. The third-order valence-corrected chi connectivity index (χ3v) is 5.50. The molecule has 1 aliphatic carbocycles. The highest BCUT2D eigenvalue weighted by molar-refractivity contribution is 7.90. The van der Waals surface area contributed by atoms with Crippen LogP contribution in [0.15, 0.2) is 24.3 Å². The predicted molar refractivity (Wildman–Crippen MR) is 67.9 cm³/mol. The lowest BCUT2D eigenvalue weighted by molar-refractivity contribution is 0.150. The first-order valence-electron chi connectivity index (χ1n) is 5.14. The van der Waals surface area contributed by atoms with Gasteiger partial charge in [0.05, 0.1) is 0 Å². The summed E-state index contributed by atoms with van der Waals surface area (Å²) in [4.78, 5) is -3.25. The Kier molecular flexibility index (Phi) is 3.19. The topological polar surface area (TPSA) is 149 Å². The number of phenols is 1. The molecule has 1 aliphatic rings. The molecule has 8 nitrogen and oxygen atoms in total. The van der Waals surface area contributed by atoms with Gasteiger partial charge in [-0.2, -0.15) is 16.8 Å². The molecule has 0 spiro atoms. The average molecular weight is 322 g/mol. The zero-order valence-electron chi connectivity index (χ0n) is 9.70. The van der Waals surface area contributed by atoms with Crippen LogP contribution < -0.4 is 0 Å². The van der Waals surface area contributed by atoms with E-state index in [1.54, 1.807) is 0 Å². The smallest absolute Gasteiger partial charge is 0.300 e. The Morgan fingerprint density at radius 1 is 1.10 bits per heavy atom. The summed E-state index contributed by atoms with van der Waals surface area (Å²) in [5, 5.41) is 17.0. The summed E-state index contributed by atoms with van der Waals surface area (Å²) in [6, 6.07) is 3.36. The minimum Gasteiger partial charge on any atom is -0.508 e. The number of benzene rings is 1. The summed E-state index contributed by atoms with van der Waals surface area (Å²) in [5.41, 5.74) is -0.186. The predicted octanol–water partition coefficient (Wildman–Crippen LogP) is -0.0757. The van der Waals surface area contributed by atoms with Gasteiger partial charge in [0.15, 0.2) is 5.25 Å². The number of fused-ring (bicyclic) bond motifs is 1. The molecule has 4 N–H and O–H groups in total. The van der Waals surface area contributed by atoms with Crippen LogP contribution in [0.4, 0.5) is 0 Å². The first-order valence-corrected chi connectivity index (χ1v) is 8.09. The zero-order valence-corrected chi connectivity index (χ0v) is 11.3. The van der Waals surface area contributed by atoms with E-state index >= 15 is 0 Å². The minimum absolute atomic E-state index is 0.166. The molecule has 0 aliphatic heterocycles. The minimum atomic E-state index is -5.27. The van der Waals surface area contributed by atoms with Crippen LogP contribution in [0.3, 0.4) is 0 Å². The van der Waals surface area contributed by atoms with E-state index in [0.29, 0.717) is 6.08 Å². The van der Waals surface area contributed by atoms with E-state index in [0.717, 1.165) is 12.1 Å². The van der Waals surface area contributed by atoms with Gasteiger partial charge in [-0.15, -0.1) is 0 Å². The van der Waals surface area contributed by atoms with Crippen molar-refractivity contribution in [2.45, 2.75) is 10.2 Å². The van der Waals surface area contributed by atoms with Crippen LogP contribution in [-0.4, -0.2) is 41.1 Å². The van der Waals surface area contributed by atoms with E-state index in [1.807, 2.05) is 0 Å². The quantitative estimate of drug-likeness (QED) is 0.552. The van der Waals surface area contributed by atoms with Crippen molar-refractivity contribution in [2.75, 3.05) is 0 Å². The number of hydrogen-bond acceptors (Lipinski definition) is 6. The molecule has 20 heavy (non-hydrogen) atoms. The lowest BCUT2D eigenvalue weighted by atomic mass is 9.94. The Morgan fingerprint density at radius 2 is 1.70 bits per heavy atom. The summed E-state index contributed by atoms with van der Waals surface area (Å²) in [7, 11) is -10.4. The fourth-order valence-corrected chi connectivity index (χ4v) is 4.45. The second-order valence-electron chi connectivity index (χ2n) is 4.27. The second-order valence-corrected chi connectivity index (χ2v) is 7.37. The van der Waals surface area contributed by atoms with Crippen LogP contribution in [0.25, 0.3) is 6.08 Å². The van der Waals surface area contributed by atoms with Gasteiger partial charge in [-0.25, -0.2) is 0 Å². The first kappa shape index (κ1) is 14.9. The van der Waals surface area contributed by atoms with Crippen molar-refractivity contribution in [1.82, 2.24) is 0 Å². The van der Waals surface area contributed by atoms with Gasteiger partial charge in [0.1, 0.15) is 5.75 Å². The van der Waals surface area contributed by atoms with Crippen molar-refractivity contribution in [2.24, 2.45) is 0 Å². The molecule has 0 fully saturated rings. The van der Waals surface area contributed by atoms with Crippen LogP contribution in [0.1, 0.15) is 16.4 Å². The van der Waals surface area contributed by atoms with Gasteiger partial charge in [-0.1, -0.05) is 12.1 Å².